The van der Waals surface area contributed by atoms with Gasteiger partial charge in [-0.25, -0.2) is 4.68 Å². The van der Waals surface area contributed by atoms with Gasteiger partial charge in [0.1, 0.15) is 5.75 Å². The van der Waals surface area contributed by atoms with Crippen molar-refractivity contribution < 1.29 is 5.11 Å². The van der Waals surface area contributed by atoms with E-state index in [9.17, 15) is 9.90 Å². The molecule has 2 aromatic carbocycles. The lowest BCUT2D eigenvalue weighted by molar-refractivity contribution is 0.465. The fourth-order valence-electron chi connectivity index (χ4n) is 2.38. The van der Waals surface area contributed by atoms with Crippen LogP contribution in [0.3, 0.4) is 0 Å². The molecule has 1 N–H and O–H groups in total. The monoisotopic (exact) mass is 324 g/mol. The summed E-state index contributed by atoms with van der Waals surface area (Å²) in [5, 5.41) is 14.1. The van der Waals surface area contributed by atoms with E-state index < -0.39 is 0 Å². The van der Waals surface area contributed by atoms with E-state index in [4.69, 9.17) is 0 Å². The molecule has 3 aromatic rings. The van der Waals surface area contributed by atoms with Crippen LogP contribution >= 0.6 is 11.8 Å². The fraction of sp³-hybridized carbons (Fsp3) is 0.111. The predicted molar refractivity (Wildman–Crippen MR) is 92.9 cm³/mol. The Hall–Kier alpha value is -2.53. The van der Waals surface area contributed by atoms with Crippen molar-refractivity contribution in [2.24, 2.45) is 0 Å². The summed E-state index contributed by atoms with van der Waals surface area (Å²) in [6.07, 6.45) is 3.31. The van der Waals surface area contributed by atoms with Crippen LogP contribution in [0.25, 0.3) is 11.1 Å². The van der Waals surface area contributed by atoms with Crippen LogP contribution in [0.2, 0.25) is 0 Å². The van der Waals surface area contributed by atoms with Crippen molar-refractivity contribution in [3.8, 4) is 16.9 Å². The third-order valence-electron chi connectivity index (χ3n) is 3.58. The minimum absolute atomic E-state index is 0.101. The third kappa shape index (κ3) is 3.29. The summed E-state index contributed by atoms with van der Waals surface area (Å²) in [5.74, 6) is -0.101. The van der Waals surface area contributed by atoms with Gasteiger partial charge in [0.05, 0.1) is 18.3 Å². The van der Waals surface area contributed by atoms with Crippen molar-refractivity contribution in [2.45, 2.75) is 11.4 Å². The van der Waals surface area contributed by atoms with E-state index in [-0.39, 0.29) is 16.9 Å². The summed E-state index contributed by atoms with van der Waals surface area (Å²) in [7, 11) is 0. The average Bonchev–Trinajstić information content (AvgIpc) is 2.59. The van der Waals surface area contributed by atoms with Crippen molar-refractivity contribution in [3.05, 3.63) is 76.7 Å². The Bertz CT molecular complexity index is 858. The van der Waals surface area contributed by atoms with E-state index in [1.165, 1.54) is 10.9 Å². The Morgan fingerprint density at radius 2 is 1.78 bits per heavy atom. The van der Waals surface area contributed by atoms with Crippen molar-refractivity contribution in [3.63, 3.8) is 0 Å². The minimum Gasteiger partial charge on any atom is -0.505 e. The molecule has 0 aliphatic rings. The van der Waals surface area contributed by atoms with Gasteiger partial charge in [-0.2, -0.15) is 5.10 Å². The molecule has 0 fully saturated rings. The molecule has 0 bridgehead atoms. The van der Waals surface area contributed by atoms with E-state index in [1.807, 2.05) is 60.9 Å². The highest BCUT2D eigenvalue weighted by Crippen LogP contribution is 2.26. The van der Waals surface area contributed by atoms with E-state index in [2.05, 4.69) is 5.10 Å². The van der Waals surface area contributed by atoms with Crippen molar-refractivity contribution in [1.29, 1.82) is 0 Å². The highest BCUT2D eigenvalue weighted by atomic mass is 32.2. The predicted octanol–water partition coefficient (Wildman–Crippen LogP) is 3.39. The molecule has 1 aromatic heterocycles. The Kier molecular flexibility index (Phi) is 4.48. The lowest BCUT2D eigenvalue weighted by atomic mass is 10.1. The first-order chi connectivity index (χ1) is 11.2. The second kappa shape index (κ2) is 6.71. The van der Waals surface area contributed by atoms with Crippen LogP contribution in [-0.4, -0.2) is 21.1 Å². The lowest BCUT2D eigenvalue weighted by Gasteiger charge is -2.09. The van der Waals surface area contributed by atoms with Crippen LogP contribution in [0.5, 0.6) is 5.75 Å². The summed E-state index contributed by atoms with van der Waals surface area (Å²) in [6, 6.07) is 17.2. The Balaban J connectivity index is 2.03. The van der Waals surface area contributed by atoms with Crippen LogP contribution in [0, 0.1) is 0 Å². The number of aromatic nitrogens is 2. The molecule has 0 unspecified atom stereocenters. The van der Waals surface area contributed by atoms with Crippen LogP contribution in [0.15, 0.2) is 70.5 Å². The molecule has 0 amide bonds. The maximum absolute atomic E-state index is 12.7. The maximum Gasteiger partial charge on any atom is 0.278 e. The topological polar surface area (TPSA) is 55.1 Å². The van der Waals surface area contributed by atoms with E-state index in [0.29, 0.717) is 12.1 Å². The summed E-state index contributed by atoms with van der Waals surface area (Å²) < 4.78 is 1.37. The minimum atomic E-state index is -0.300. The zero-order valence-electron chi connectivity index (χ0n) is 12.6. The lowest BCUT2D eigenvalue weighted by Crippen LogP contribution is -2.24. The van der Waals surface area contributed by atoms with Crippen LogP contribution < -0.4 is 5.56 Å². The zero-order valence-corrected chi connectivity index (χ0v) is 13.5. The second-order valence-electron chi connectivity index (χ2n) is 5.08. The highest BCUT2D eigenvalue weighted by molar-refractivity contribution is 7.98. The molecule has 0 atom stereocenters. The molecule has 0 saturated heterocycles. The summed E-state index contributed by atoms with van der Waals surface area (Å²) in [5.41, 5.74) is 1.65. The number of benzene rings is 2. The number of rotatable bonds is 4. The Labute approximate surface area is 138 Å². The van der Waals surface area contributed by atoms with Crippen LogP contribution in [0.4, 0.5) is 0 Å². The van der Waals surface area contributed by atoms with Crippen molar-refractivity contribution >= 4 is 11.8 Å². The molecule has 3 rings (SSSR count). The molecule has 0 aliphatic heterocycles. The maximum atomic E-state index is 12.7. The number of aromatic hydroxyl groups is 1. The van der Waals surface area contributed by atoms with Gasteiger partial charge < -0.3 is 5.11 Å². The molecule has 4 nitrogen and oxygen atoms in total. The molecule has 5 heteroatoms. The third-order valence-corrected chi connectivity index (χ3v) is 4.32. The Morgan fingerprint density at radius 1 is 1.09 bits per heavy atom. The standard InChI is InChI=1S/C18H16N2O2S/c1-23-15-9-7-14(8-10-15)17-16(21)11-19-20(18(17)22)12-13-5-3-2-4-6-13/h2-11,21H,12H2,1H3. The Morgan fingerprint density at radius 3 is 2.43 bits per heavy atom. The first kappa shape index (κ1) is 15.4. The largest absolute Gasteiger partial charge is 0.505 e. The first-order valence-electron chi connectivity index (χ1n) is 7.16. The molecule has 0 aliphatic carbocycles. The molecule has 116 valence electrons. The van der Waals surface area contributed by atoms with Gasteiger partial charge in [0.25, 0.3) is 5.56 Å². The number of hydrogen-bond donors (Lipinski definition) is 1. The molecule has 0 saturated carbocycles. The molecule has 1 heterocycles. The van der Waals surface area contributed by atoms with Crippen LogP contribution in [-0.2, 0) is 6.54 Å². The molecular weight excluding hydrogens is 308 g/mol. The van der Waals surface area contributed by atoms with Gasteiger partial charge in [-0.1, -0.05) is 42.5 Å². The summed E-state index contributed by atoms with van der Waals surface area (Å²) in [6.45, 7) is 0.371. The SMILES string of the molecule is CSc1ccc(-c2c(O)cnn(Cc3ccccc3)c2=O)cc1. The molecule has 0 radical (unpaired) electrons. The zero-order chi connectivity index (χ0) is 16.2. The fourth-order valence-corrected chi connectivity index (χ4v) is 2.79. The highest BCUT2D eigenvalue weighted by Gasteiger charge is 2.13. The average molecular weight is 324 g/mol. The molecular formula is C18H16N2O2S. The van der Waals surface area contributed by atoms with E-state index in [1.54, 1.807) is 11.8 Å². The van der Waals surface area contributed by atoms with E-state index in [0.717, 1.165) is 10.5 Å². The summed E-state index contributed by atoms with van der Waals surface area (Å²) in [4.78, 5) is 13.8. The number of hydrogen-bond acceptors (Lipinski definition) is 4. The van der Waals surface area contributed by atoms with E-state index >= 15 is 0 Å². The molecule has 0 spiro atoms. The van der Waals surface area contributed by atoms with Gasteiger partial charge in [-0.3, -0.25) is 4.79 Å². The summed E-state index contributed by atoms with van der Waals surface area (Å²) >= 11 is 1.63. The molecule has 23 heavy (non-hydrogen) atoms. The van der Waals surface area contributed by atoms with Gasteiger partial charge in [0.15, 0.2) is 0 Å². The number of thioether (sulfide) groups is 1. The smallest absolute Gasteiger partial charge is 0.278 e. The quantitative estimate of drug-likeness (QED) is 0.748. The van der Waals surface area contributed by atoms with Gasteiger partial charge in [0.2, 0.25) is 0 Å². The normalized spacial score (nSPS) is 10.7. The first-order valence-corrected chi connectivity index (χ1v) is 8.39. The van der Waals surface area contributed by atoms with Gasteiger partial charge in [0, 0.05) is 4.90 Å². The van der Waals surface area contributed by atoms with Gasteiger partial charge >= 0.3 is 0 Å². The van der Waals surface area contributed by atoms with Crippen molar-refractivity contribution in [1.82, 2.24) is 9.78 Å². The van der Waals surface area contributed by atoms with Crippen molar-refractivity contribution in [2.75, 3.05) is 6.26 Å². The van der Waals surface area contributed by atoms with Gasteiger partial charge in [-0.05, 0) is 29.5 Å². The van der Waals surface area contributed by atoms with Gasteiger partial charge in [-0.15, -0.1) is 11.8 Å². The second-order valence-corrected chi connectivity index (χ2v) is 5.96. The van der Waals surface area contributed by atoms with Crippen LogP contribution in [0.1, 0.15) is 5.56 Å². The number of nitrogens with zero attached hydrogens (tertiary/aromatic N) is 2.